The van der Waals surface area contributed by atoms with Gasteiger partial charge in [0.15, 0.2) is 0 Å². The van der Waals surface area contributed by atoms with Gasteiger partial charge in [-0.2, -0.15) is 0 Å². The van der Waals surface area contributed by atoms with E-state index in [4.69, 9.17) is 11.6 Å². The molecule has 0 aliphatic heterocycles. The van der Waals surface area contributed by atoms with Gasteiger partial charge in [-0.25, -0.2) is 0 Å². The molecule has 0 aromatic heterocycles. The van der Waals surface area contributed by atoms with Crippen LogP contribution in [0.5, 0.6) is 0 Å². The molecule has 0 radical (unpaired) electrons. The van der Waals surface area contributed by atoms with Crippen molar-refractivity contribution in [3.63, 3.8) is 0 Å². The van der Waals surface area contributed by atoms with Gasteiger partial charge in [0.05, 0.1) is 3.38 Å². The third-order valence-corrected chi connectivity index (χ3v) is 2.45. The average Bonchev–Trinajstić information content (AvgIpc) is 1.36. The quantitative estimate of drug-likeness (QED) is 0.469. The highest BCUT2D eigenvalue weighted by Crippen LogP contribution is 2.15. The van der Waals surface area contributed by atoms with Gasteiger partial charge in [0, 0.05) is 0 Å². The highest BCUT2D eigenvalue weighted by molar-refractivity contribution is 14.1. The molecule has 0 spiro atoms. The fraction of sp³-hybridized carbons (Fsp3) is 1.00. The SMILES string of the molecule is CC(C)C(Cl)I. The van der Waals surface area contributed by atoms with E-state index in [0.29, 0.717) is 9.30 Å². The Balaban J connectivity index is 2.99. The summed E-state index contributed by atoms with van der Waals surface area (Å²) in [6.45, 7) is 4.20. The first-order valence-corrected chi connectivity index (χ1v) is 3.61. The van der Waals surface area contributed by atoms with Crippen LogP contribution in [0.3, 0.4) is 0 Å². The Morgan fingerprint density at radius 2 is 1.67 bits per heavy atom. The van der Waals surface area contributed by atoms with E-state index in [1.807, 2.05) is 0 Å². The smallest absolute Gasteiger partial charge is 0.0873 e. The van der Waals surface area contributed by atoms with Crippen LogP contribution in [0.25, 0.3) is 0 Å². The molecule has 0 saturated heterocycles. The van der Waals surface area contributed by atoms with Crippen molar-refractivity contribution in [1.82, 2.24) is 0 Å². The van der Waals surface area contributed by atoms with Crippen molar-refractivity contribution in [2.45, 2.75) is 17.2 Å². The van der Waals surface area contributed by atoms with Crippen molar-refractivity contribution < 1.29 is 0 Å². The Hall–Kier alpha value is 1.02. The predicted octanol–water partition coefficient (Wildman–Crippen LogP) is 2.64. The Labute approximate surface area is 57.4 Å². The van der Waals surface area contributed by atoms with Gasteiger partial charge in [0.2, 0.25) is 0 Å². The summed E-state index contributed by atoms with van der Waals surface area (Å²) in [5, 5.41) is 0. The molecule has 0 aliphatic carbocycles. The normalized spacial score (nSPS) is 15.5. The highest BCUT2D eigenvalue weighted by Gasteiger charge is 2.00. The fourth-order valence-corrected chi connectivity index (χ4v) is 0. The van der Waals surface area contributed by atoms with Crippen molar-refractivity contribution in [1.29, 1.82) is 0 Å². The zero-order valence-electron chi connectivity index (χ0n) is 3.91. The number of alkyl halides is 2. The van der Waals surface area contributed by atoms with Gasteiger partial charge in [-0.1, -0.05) is 36.4 Å². The van der Waals surface area contributed by atoms with E-state index >= 15 is 0 Å². The molecule has 0 rings (SSSR count). The second-order valence-electron chi connectivity index (χ2n) is 1.58. The zero-order chi connectivity index (χ0) is 5.15. The van der Waals surface area contributed by atoms with Crippen LogP contribution in [-0.4, -0.2) is 3.38 Å². The molecule has 1 unspecified atom stereocenters. The Bertz CT molecular complexity index is 28.5. The first-order valence-electron chi connectivity index (χ1n) is 1.92. The zero-order valence-corrected chi connectivity index (χ0v) is 6.82. The lowest BCUT2D eigenvalue weighted by Crippen LogP contribution is -1.95. The molecule has 0 N–H and O–H groups in total. The van der Waals surface area contributed by atoms with Gasteiger partial charge in [0.25, 0.3) is 0 Å². The minimum Gasteiger partial charge on any atom is -0.111 e. The summed E-state index contributed by atoms with van der Waals surface area (Å²) in [6.07, 6.45) is 0. The van der Waals surface area contributed by atoms with Crippen molar-refractivity contribution in [3.8, 4) is 0 Å². The summed E-state index contributed by atoms with van der Waals surface area (Å²) < 4.78 is 0.294. The van der Waals surface area contributed by atoms with Crippen LogP contribution in [0.1, 0.15) is 13.8 Å². The number of hydrogen-bond acceptors (Lipinski definition) is 0. The summed E-state index contributed by atoms with van der Waals surface area (Å²) in [5.41, 5.74) is 0. The van der Waals surface area contributed by atoms with Crippen molar-refractivity contribution in [2.24, 2.45) is 5.92 Å². The molecule has 0 aromatic rings. The maximum absolute atomic E-state index is 5.60. The molecule has 0 fully saturated rings. The van der Waals surface area contributed by atoms with E-state index in [0.717, 1.165) is 0 Å². The summed E-state index contributed by atoms with van der Waals surface area (Å²) in [4.78, 5) is 0. The summed E-state index contributed by atoms with van der Waals surface area (Å²) in [6, 6.07) is 0. The van der Waals surface area contributed by atoms with Gasteiger partial charge in [-0.05, 0) is 5.92 Å². The molecule has 0 saturated carbocycles. The van der Waals surface area contributed by atoms with E-state index < -0.39 is 0 Å². The maximum Gasteiger partial charge on any atom is 0.0873 e. The Kier molecular flexibility index (Phi) is 3.60. The minimum absolute atomic E-state index is 0.294. The monoisotopic (exact) mass is 218 g/mol. The second-order valence-corrected chi connectivity index (χ2v) is 4.13. The molecule has 38 valence electrons. The highest BCUT2D eigenvalue weighted by atomic mass is 127. The summed E-state index contributed by atoms with van der Waals surface area (Å²) in [7, 11) is 0. The fourth-order valence-electron chi connectivity index (χ4n) is 0. The molecule has 1 atom stereocenters. The average molecular weight is 218 g/mol. The number of halogens is 2. The van der Waals surface area contributed by atoms with Crippen LogP contribution in [0.15, 0.2) is 0 Å². The van der Waals surface area contributed by atoms with E-state index in [9.17, 15) is 0 Å². The van der Waals surface area contributed by atoms with E-state index in [-0.39, 0.29) is 0 Å². The molecular formula is C4H8ClI. The van der Waals surface area contributed by atoms with Gasteiger partial charge >= 0.3 is 0 Å². The van der Waals surface area contributed by atoms with Gasteiger partial charge < -0.3 is 0 Å². The molecule has 0 bridgehead atoms. The van der Waals surface area contributed by atoms with Gasteiger partial charge in [-0.3, -0.25) is 0 Å². The summed E-state index contributed by atoms with van der Waals surface area (Å²) >= 11 is 7.80. The maximum atomic E-state index is 5.60. The van der Waals surface area contributed by atoms with Crippen LogP contribution >= 0.6 is 34.2 Å². The first kappa shape index (κ1) is 7.02. The molecule has 0 aromatic carbocycles. The standard InChI is InChI=1S/C4H8ClI/c1-3(2)4(5)6/h3-4H,1-2H3. The van der Waals surface area contributed by atoms with Gasteiger partial charge in [0.1, 0.15) is 0 Å². The minimum atomic E-state index is 0.294. The topological polar surface area (TPSA) is 0 Å². The largest absolute Gasteiger partial charge is 0.111 e. The molecule has 6 heavy (non-hydrogen) atoms. The lowest BCUT2D eigenvalue weighted by atomic mass is 10.3. The van der Waals surface area contributed by atoms with Crippen LogP contribution in [0.2, 0.25) is 0 Å². The van der Waals surface area contributed by atoms with Crippen molar-refractivity contribution >= 4 is 34.2 Å². The van der Waals surface area contributed by atoms with Crippen LogP contribution in [-0.2, 0) is 0 Å². The van der Waals surface area contributed by atoms with Crippen LogP contribution in [0, 0.1) is 5.92 Å². The van der Waals surface area contributed by atoms with E-state index in [2.05, 4.69) is 36.4 Å². The lowest BCUT2D eigenvalue weighted by molar-refractivity contribution is 0.730. The third-order valence-electron chi connectivity index (χ3n) is 0.504. The van der Waals surface area contributed by atoms with Crippen molar-refractivity contribution in [2.75, 3.05) is 0 Å². The number of hydrogen-bond donors (Lipinski definition) is 0. The molecular weight excluding hydrogens is 210 g/mol. The molecule has 0 aliphatic rings. The second kappa shape index (κ2) is 3.08. The number of rotatable bonds is 1. The van der Waals surface area contributed by atoms with Crippen molar-refractivity contribution in [3.05, 3.63) is 0 Å². The first-order chi connectivity index (χ1) is 2.64. The molecule has 0 nitrogen and oxygen atoms in total. The molecule has 2 heteroatoms. The van der Waals surface area contributed by atoms with E-state index in [1.165, 1.54) is 0 Å². The molecule has 0 amide bonds. The Morgan fingerprint density at radius 1 is 1.50 bits per heavy atom. The Morgan fingerprint density at radius 3 is 1.67 bits per heavy atom. The predicted molar refractivity (Wildman–Crippen MR) is 38.5 cm³/mol. The van der Waals surface area contributed by atoms with Crippen LogP contribution in [0.4, 0.5) is 0 Å². The van der Waals surface area contributed by atoms with Gasteiger partial charge in [-0.15, -0.1) is 11.6 Å². The van der Waals surface area contributed by atoms with E-state index in [1.54, 1.807) is 0 Å². The van der Waals surface area contributed by atoms with Crippen LogP contribution < -0.4 is 0 Å². The third kappa shape index (κ3) is 3.22. The molecule has 0 heterocycles. The lowest BCUT2D eigenvalue weighted by Gasteiger charge is -2.00. The summed E-state index contributed by atoms with van der Waals surface area (Å²) in [5.74, 6) is 0.604.